The van der Waals surface area contributed by atoms with Gasteiger partial charge in [0.1, 0.15) is 6.07 Å². The van der Waals surface area contributed by atoms with Gasteiger partial charge in [-0.3, -0.25) is 9.97 Å². The third kappa shape index (κ3) is 1.84. The quantitative estimate of drug-likeness (QED) is 0.701. The summed E-state index contributed by atoms with van der Waals surface area (Å²) < 4.78 is 0. The molecule has 2 aromatic heterocycles. The number of hydrogen-bond donors (Lipinski definition) is 0. The van der Waals surface area contributed by atoms with Crippen LogP contribution in [0.1, 0.15) is 11.1 Å². The summed E-state index contributed by atoms with van der Waals surface area (Å²) in [6.45, 7) is 1.95. The van der Waals surface area contributed by atoms with Crippen molar-refractivity contribution in [3.8, 4) is 17.3 Å². The van der Waals surface area contributed by atoms with E-state index in [1.54, 1.807) is 18.6 Å². The van der Waals surface area contributed by atoms with Crippen LogP contribution in [0.2, 0.25) is 0 Å². The third-order valence-electron chi connectivity index (χ3n) is 2.16. The summed E-state index contributed by atoms with van der Waals surface area (Å²) in [5.74, 6) is 0. The van der Waals surface area contributed by atoms with Crippen molar-refractivity contribution < 1.29 is 0 Å². The molecular formula is C12H9N3. The lowest BCUT2D eigenvalue weighted by atomic mass is 10.1. The van der Waals surface area contributed by atoms with Gasteiger partial charge in [0.05, 0.1) is 11.3 Å². The van der Waals surface area contributed by atoms with Crippen molar-refractivity contribution in [3.05, 3.63) is 47.9 Å². The van der Waals surface area contributed by atoms with Gasteiger partial charge in [-0.2, -0.15) is 5.26 Å². The Balaban J connectivity index is 2.52. The predicted molar refractivity (Wildman–Crippen MR) is 56.9 cm³/mol. The average Bonchev–Trinajstić information content (AvgIpc) is 2.30. The van der Waals surface area contributed by atoms with Gasteiger partial charge >= 0.3 is 0 Å². The summed E-state index contributed by atoms with van der Waals surface area (Å²) in [6.07, 6.45) is 5.05. The Morgan fingerprint density at radius 2 is 2.00 bits per heavy atom. The minimum Gasteiger partial charge on any atom is -0.265 e. The van der Waals surface area contributed by atoms with Crippen molar-refractivity contribution in [1.29, 1.82) is 5.26 Å². The number of pyridine rings is 2. The minimum absolute atomic E-state index is 0.588. The normalized spacial score (nSPS) is 9.60. The predicted octanol–water partition coefficient (Wildman–Crippen LogP) is 2.32. The van der Waals surface area contributed by atoms with E-state index in [-0.39, 0.29) is 0 Å². The van der Waals surface area contributed by atoms with Crippen LogP contribution >= 0.6 is 0 Å². The molecule has 0 aliphatic carbocycles. The fourth-order valence-corrected chi connectivity index (χ4v) is 1.45. The van der Waals surface area contributed by atoms with Gasteiger partial charge in [-0.1, -0.05) is 0 Å². The van der Waals surface area contributed by atoms with Gasteiger partial charge in [0.2, 0.25) is 0 Å². The lowest BCUT2D eigenvalue weighted by Crippen LogP contribution is -1.89. The summed E-state index contributed by atoms with van der Waals surface area (Å²) in [5, 5.41) is 8.72. The highest BCUT2D eigenvalue weighted by Gasteiger charge is 2.03. The van der Waals surface area contributed by atoms with Crippen molar-refractivity contribution in [2.45, 2.75) is 6.92 Å². The molecule has 2 aromatic rings. The molecule has 72 valence electrons. The Labute approximate surface area is 88.1 Å². The standard InChI is InChI=1S/C12H9N3/c1-9-6-10(7-13)8-15-12(9)11-2-4-14-5-3-11/h2-6,8H,1H3. The van der Waals surface area contributed by atoms with E-state index < -0.39 is 0 Å². The largest absolute Gasteiger partial charge is 0.265 e. The summed E-state index contributed by atoms with van der Waals surface area (Å²) in [7, 11) is 0. The maximum absolute atomic E-state index is 8.72. The molecule has 0 aromatic carbocycles. The zero-order valence-corrected chi connectivity index (χ0v) is 8.31. The van der Waals surface area contributed by atoms with Crippen molar-refractivity contribution in [1.82, 2.24) is 9.97 Å². The lowest BCUT2D eigenvalue weighted by Gasteiger charge is -2.03. The van der Waals surface area contributed by atoms with Gasteiger partial charge in [-0.15, -0.1) is 0 Å². The van der Waals surface area contributed by atoms with Crippen LogP contribution in [0, 0.1) is 18.3 Å². The molecule has 2 rings (SSSR count). The number of hydrogen-bond acceptors (Lipinski definition) is 3. The minimum atomic E-state index is 0.588. The van der Waals surface area contributed by atoms with E-state index in [1.165, 1.54) is 0 Å². The molecule has 3 nitrogen and oxygen atoms in total. The Bertz CT molecular complexity index is 512. The van der Waals surface area contributed by atoms with Crippen LogP contribution in [0.3, 0.4) is 0 Å². The molecular weight excluding hydrogens is 186 g/mol. The smallest absolute Gasteiger partial charge is 0.101 e. The second kappa shape index (κ2) is 3.89. The summed E-state index contributed by atoms with van der Waals surface area (Å²) in [5.41, 5.74) is 3.51. The first kappa shape index (κ1) is 9.35. The first-order chi connectivity index (χ1) is 7.31. The Hall–Kier alpha value is -2.21. The van der Waals surface area contributed by atoms with Crippen molar-refractivity contribution in [3.63, 3.8) is 0 Å². The highest BCUT2D eigenvalue weighted by atomic mass is 14.7. The molecule has 0 unspecified atom stereocenters. The summed E-state index contributed by atoms with van der Waals surface area (Å²) in [6, 6.07) is 7.72. The fourth-order valence-electron chi connectivity index (χ4n) is 1.45. The van der Waals surface area contributed by atoms with E-state index in [9.17, 15) is 0 Å². The van der Waals surface area contributed by atoms with Crippen LogP contribution in [0.5, 0.6) is 0 Å². The van der Waals surface area contributed by atoms with Gasteiger partial charge in [-0.05, 0) is 30.7 Å². The molecule has 0 aliphatic rings. The van der Waals surface area contributed by atoms with Crippen molar-refractivity contribution in [2.75, 3.05) is 0 Å². The topological polar surface area (TPSA) is 49.6 Å². The van der Waals surface area contributed by atoms with Gasteiger partial charge in [0.15, 0.2) is 0 Å². The van der Waals surface area contributed by atoms with Gasteiger partial charge < -0.3 is 0 Å². The van der Waals surface area contributed by atoms with Gasteiger partial charge in [-0.25, -0.2) is 0 Å². The first-order valence-electron chi connectivity index (χ1n) is 4.58. The van der Waals surface area contributed by atoms with Gasteiger partial charge in [0, 0.05) is 24.2 Å². The van der Waals surface area contributed by atoms with Crippen molar-refractivity contribution in [2.24, 2.45) is 0 Å². The fraction of sp³-hybridized carbons (Fsp3) is 0.0833. The zero-order valence-electron chi connectivity index (χ0n) is 8.31. The molecule has 2 heterocycles. The van der Waals surface area contributed by atoms with Crippen molar-refractivity contribution >= 4 is 0 Å². The number of nitrogens with zero attached hydrogens (tertiary/aromatic N) is 3. The molecule has 0 radical (unpaired) electrons. The van der Waals surface area contributed by atoms with Crippen LogP contribution < -0.4 is 0 Å². The monoisotopic (exact) mass is 195 g/mol. The molecule has 3 heteroatoms. The Morgan fingerprint density at radius 1 is 1.27 bits per heavy atom. The molecule has 0 amide bonds. The maximum atomic E-state index is 8.72. The average molecular weight is 195 g/mol. The number of rotatable bonds is 1. The van der Waals surface area contributed by atoms with Crippen LogP contribution in [0.25, 0.3) is 11.3 Å². The zero-order chi connectivity index (χ0) is 10.7. The highest BCUT2D eigenvalue weighted by Crippen LogP contribution is 2.20. The third-order valence-corrected chi connectivity index (χ3v) is 2.16. The van der Waals surface area contributed by atoms with E-state index in [4.69, 9.17) is 5.26 Å². The van der Waals surface area contributed by atoms with E-state index >= 15 is 0 Å². The molecule has 0 aliphatic heterocycles. The summed E-state index contributed by atoms with van der Waals surface area (Å²) >= 11 is 0. The lowest BCUT2D eigenvalue weighted by molar-refractivity contribution is 1.24. The number of aromatic nitrogens is 2. The molecule has 0 saturated heterocycles. The van der Waals surface area contributed by atoms with Gasteiger partial charge in [0.25, 0.3) is 0 Å². The Morgan fingerprint density at radius 3 is 2.60 bits per heavy atom. The molecule has 0 N–H and O–H groups in total. The van der Waals surface area contributed by atoms with Crippen LogP contribution in [0.4, 0.5) is 0 Å². The highest BCUT2D eigenvalue weighted by molar-refractivity contribution is 5.62. The van der Waals surface area contributed by atoms with E-state index in [0.717, 1.165) is 16.8 Å². The van der Waals surface area contributed by atoms with Crippen LogP contribution in [0.15, 0.2) is 36.8 Å². The SMILES string of the molecule is Cc1cc(C#N)cnc1-c1ccncc1. The first-order valence-corrected chi connectivity index (χ1v) is 4.58. The molecule has 0 fully saturated rings. The van der Waals surface area contributed by atoms with Crippen LogP contribution in [-0.2, 0) is 0 Å². The Kier molecular flexibility index (Phi) is 2.42. The second-order valence-electron chi connectivity index (χ2n) is 3.24. The molecule has 15 heavy (non-hydrogen) atoms. The second-order valence-corrected chi connectivity index (χ2v) is 3.24. The molecule has 0 bridgehead atoms. The molecule has 0 saturated carbocycles. The number of nitriles is 1. The molecule has 0 spiro atoms. The summed E-state index contributed by atoms with van der Waals surface area (Å²) in [4.78, 5) is 8.22. The van der Waals surface area contributed by atoms with Crippen LogP contribution in [-0.4, -0.2) is 9.97 Å². The van der Waals surface area contributed by atoms with E-state index in [1.807, 2.05) is 25.1 Å². The molecule has 0 atom stereocenters. The number of aryl methyl sites for hydroxylation is 1. The maximum Gasteiger partial charge on any atom is 0.101 e. The van der Waals surface area contributed by atoms with E-state index in [0.29, 0.717) is 5.56 Å². The van der Waals surface area contributed by atoms with E-state index in [2.05, 4.69) is 16.0 Å².